The molecule has 29 heavy (non-hydrogen) atoms. The summed E-state index contributed by atoms with van der Waals surface area (Å²) in [6.45, 7) is 0. The van der Waals surface area contributed by atoms with E-state index in [1.165, 1.54) is 30.3 Å². The first kappa shape index (κ1) is 21.3. The molecule has 0 saturated carbocycles. The average molecular weight is 471 g/mol. The number of hydrogen-bond donors (Lipinski definition) is 3. The number of anilines is 3. The second kappa shape index (κ2) is 8.92. The summed E-state index contributed by atoms with van der Waals surface area (Å²) in [5.74, 6) is 0. The van der Waals surface area contributed by atoms with Crippen LogP contribution in [0.2, 0.25) is 15.1 Å². The molecule has 0 heterocycles. The molecule has 0 aromatic heterocycles. The van der Waals surface area contributed by atoms with Gasteiger partial charge in [-0.3, -0.25) is 4.72 Å². The van der Waals surface area contributed by atoms with Gasteiger partial charge in [-0.05, 0) is 54.6 Å². The number of urea groups is 1. The lowest BCUT2D eigenvalue weighted by Gasteiger charge is -2.11. The second-order valence-electron chi connectivity index (χ2n) is 5.82. The van der Waals surface area contributed by atoms with Crippen LogP contribution in [-0.4, -0.2) is 14.4 Å². The molecular formula is C19H14Cl3N3O3S. The molecule has 0 aliphatic heterocycles. The summed E-state index contributed by atoms with van der Waals surface area (Å²) in [5, 5.41) is 6.07. The average Bonchev–Trinajstić information content (AvgIpc) is 2.66. The van der Waals surface area contributed by atoms with Crippen LogP contribution < -0.4 is 15.4 Å². The second-order valence-corrected chi connectivity index (χ2v) is 8.72. The third-order valence-corrected chi connectivity index (χ3v) is 6.14. The predicted octanol–water partition coefficient (Wildman–Crippen LogP) is 6.09. The zero-order valence-electron chi connectivity index (χ0n) is 14.6. The maximum atomic E-state index is 12.5. The highest BCUT2D eigenvalue weighted by Gasteiger charge is 2.17. The summed E-state index contributed by atoms with van der Waals surface area (Å²) in [7, 11) is -3.89. The minimum Gasteiger partial charge on any atom is -0.308 e. The Labute approximate surface area is 182 Å². The standard InChI is InChI=1S/C19H14Cl3N3O3S/c20-12-3-1-4-14(11-12)24-19(26)23-13-7-9-15(10-8-13)29(27,28)25-17-6-2-5-16(21)18(17)22/h1-11,25H,(H2,23,24,26). The van der Waals surface area contributed by atoms with Crippen molar-refractivity contribution in [2.45, 2.75) is 4.90 Å². The van der Waals surface area contributed by atoms with E-state index in [0.717, 1.165) is 0 Å². The van der Waals surface area contributed by atoms with Crippen LogP contribution in [0.1, 0.15) is 0 Å². The molecule has 0 atom stereocenters. The van der Waals surface area contributed by atoms with Gasteiger partial charge in [-0.25, -0.2) is 13.2 Å². The Morgan fingerprint density at radius 3 is 2.14 bits per heavy atom. The van der Waals surface area contributed by atoms with Crippen LogP contribution in [0.25, 0.3) is 0 Å². The van der Waals surface area contributed by atoms with Gasteiger partial charge in [0.25, 0.3) is 10.0 Å². The van der Waals surface area contributed by atoms with E-state index in [1.54, 1.807) is 36.4 Å². The highest BCUT2D eigenvalue weighted by Crippen LogP contribution is 2.31. The lowest BCUT2D eigenvalue weighted by Crippen LogP contribution is -2.19. The lowest BCUT2D eigenvalue weighted by molar-refractivity contribution is 0.262. The number of amides is 2. The molecule has 2 amide bonds. The molecule has 0 aliphatic rings. The molecule has 0 aliphatic carbocycles. The topological polar surface area (TPSA) is 87.3 Å². The van der Waals surface area contributed by atoms with Crippen molar-refractivity contribution in [3.63, 3.8) is 0 Å². The summed E-state index contributed by atoms with van der Waals surface area (Å²) in [4.78, 5) is 12.1. The molecule has 0 unspecified atom stereocenters. The summed E-state index contributed by atoms with van der Waals surface area (Å²) in [5.41, 5.74) is 1.10. The highest BCUT2D eigenvalue weighted by atomic mass is 35.5. The van der Waals surface area contributed by atoms with Gasteiger partial charge in [0.1, 0.15) is 0 Å². The molecular weight excluding hydrogens is 457 g/mol. The summed E-state index contributed by atoms with van der Waals surface area (Å²) in [6.07, 6.45) is 0. The fraction of sp³-hybridized carbons (Fsp3) is 0. The van der Waals surface area contributed by atoms with Gasteiger partial charge in [-0.2, -0.15) is 0 Å². The van der Waals surface area contributed by atoms with E-state index in [0.29, 0.717) is 16.4 Å². The molecule has 3 N–H and O–H groups in total. The van der Waals surface area contributed by atoms with Crippen molar-refractivity contribution in [2.24, 2.45) is 0 Å². The van der Waals surface area contributed by atoms with Crippen LogP contribution in [-0.2, 0) is 10.0 Å². The SMILES string of the molecule is O=C(Nc1ccc(S(=O)(=O)Nc2cccc(Cl)c2Cl)cc1)Nc1cccc(Cl)c1. The van der Waals surface area contributed by atoms with Crippen LogP contribution in [0.5, 0.6) is 0 Å². The zero-order valence-corrected chi connectivity index (χ0v) is 17.7. The van der Waals surface area contributed by atoms with E-state index in [-0.39, 0.29) is 20.6 Å². The molecule has 0 saturated heterocycles. The Hall–Kier alpha value is -2.45. The lowest BCUT2D eigenvalue weighted by atomic mass is 10.3. The third-order valence-electron chi connectivity index (χ3n) is 3.70. The van der Waals surface area contributed by atoms with Crippen molar-refractivity contribution in [3.8, 4) is 0 Å². The van der Waals surface area contributed by atoms with Crippen LogP contribution in [0.4, 0.5) is 21.9 Å². The smallest absolute Gasteiger partial charge is 0.308 e. The summed E-state index contributed by atoms with van der Waals surface area (Å²) in [6, 6.07) is 16.5. The predicted molar refractivity (Wildman–Crippen MR) is 118 cm³/mol. The van der Waals surface area contributed by atoms with Gasteiger partial charge < -0.3 is 10.6 Å². The van der Waals surface area contributed by atoms with Crippen molar-refractivity contribution >= 4 is 67.9 Å². The Morgan fingerprint density at radius 1 is 0.793 bits per heavy atom. The molecule has 3 aromatic carbocycles. The van der Waals surface area contributed by atoms with Crippen molar-refractivity contribution in [2.75, 3.05) is 15.4 Å². The van der Waals surface area contributed by atoms with E-state index < -0.39 is 16.1 Å². The summed E-state index contributed by atoms with van der Waals surface area (Å²) < 4.78 is 27.5. The quantitative estimate of drug-likeness (QED) is 0.421. The third kappa shape index (κ3) is 5.55. The first-order chi connectivity index (χ1) is 13.7. The number of carbonyl (C=O) groups excluding carboxylic acids is 1. The highest BCUT2D eigenvalue weighted by molar-refractivity contribution is 7.92. The van der Waals surface area contributed by atoms with Crippen LogP contribution in [0.3, 0.4) is 0 Å². The molecule has 0 spiro atoms. The summed E-state index contributed by atoms with van der Waals surface area (Å²) >= 11 is 17.8. The number of carbonyl (C=O) groups is 1. The number of hydrogen-bond acceptors (Lipinski definition) is 3. The fourth-order valence-electron chi connectivity index (χ4n) is 2.36. The van der Waals surface area contributed by atoms with Crippen molar-refractivity contribution in [1.82, 2.24) is 0 Å². The van der Waals surface area contributed by atoms with Crippen molar-refractivity contribution in [1.29, 1.82) is 0 Å². The molecule has 6 nitrogen and oxygen atoms in total. The van der Waals surface area contributed by atoms with Crippen LogP contribution in [0, 0.1) is 0 Å². The van der Waals surface area contributed by atoms with Crippen LogP contribution >= 0.6 is 34.8 Å². The number of rotatable bonds is 5. The maximum Gasteiger partial charge on any atom is 0.323 e. The Kier molecular flexibility index (Phi) is 6.54. The molecule has 0 radical (unpaired) electrons. The Balaban J connectivity index is 1.69. The van der Waals surface area contributed by atoms with Gasteiger partial charge in [0.15, 0.2) is 0 Å². The number of nitrogens with one attached hydrogen (secondary N) is 3. The van der Waals surface area contributed by atoms with E-state index in [2.05, 4.69) is 15.4 Å². The first-order valence-corrected chi connectivity index (χ1v) is 10.8. The number of benzene rings is 3. The van der Waals surface area contributed by atoms with E-state index in [1.807, 2.05) is 0 Å². The normalized spacial score (nSPS) is 11.0. The molecule has 10 heteroatoms. The van der Waals surface area contributed by atoms with Gasteiger partial charge >= 0.3 is 6.03 Å². The van der Waals surface area contributed by atoms with E-state index in [4.69, 9.17) is 34.8 Å². The first-order valence-electron chi connectivity index (χ1n) is 8.15. The van der Waals surface area contributed by atoms with E-state index >= 15 is 0 Å². The molecule has 150 valence electrons. The molecule has 0 fully saturated rings. The molecule has 0 bridgehead atoms. The minimum absolute atomic E-state index is 0.00524. The molecule has 3 aromatic rings. The largest absolute Gasteiger partial charge is 0.323 e. The minimum atomic E-state index is -3.89. The van der Waals surface area contributed by atoms with E-state index in [9.17, 15) is 13.2 Å². The van der Waals surface area contributed by atoms with Crippen molar-refractivity contribution < 1.29 is 13.2 Å². The number of sulfonamides is 1. The van der Waals surface area contributed by atoms with Gasteiger partial charge in [0, 0.05) is 16.4 Å². The van der Waals surface area contributed by atoms with Gasteiger partial charge in [0.05, 0.1) is 20.6 Å². The maximum absolute atomic E-state index is 12.5. The zero-order chi connectivity index (χ0) is 21.0. The number of halogens is 3. The monoisotopic (exact) mass is 469 g/mol. The Morgan fingerprint density at radius 2 is 1.45 bits per heavy atom. The Bertz CT molecular complexity index is 1150. The van der Waals surface area contributed by atoms with Gasteiger partial charge in [0.2, 0.25) is 0 Å². The fourth-order valence-corrected chi connectivity index (χ4v) is 4.03. The van der Waals surface area contributed by atoms with Gasteiger partial charge in [-0.15, -0.1) is 0 Å². The van der Waals surface area contributed by atoms with Crippen LogP contribution in [0.15, 0.2) is 71.6 Å². The van der Waals surface area contributed by atoms with Crippen molar-refractivity contribution in [3.05, 3.63) is 81.8 Å². The van der Waals surface area contributed by atoms with Gasteiger partial charge in [-0.1, -0.05) is 46.9 Å². The molecule has 3 rings (SSSR count).